The Bertz CT molecular complexity index is 672. The first-order valence-electron chi connectivity index (χ1n) is 5.48. The third-order valence-electron chi connectivity index (χ3n) is 2.51. The zero-order valence-corrected chi connectivity index (χ0v) is 13.1. The molecular formula is C13H8Br2N2O3. The van der Waals surface area contributed by atoms with Gasteiger partial charge in [0, 0.05) is 26.8 Å². The van der Waals surface area contributed by atoms with E-state index in [4.69, 9.17) is 0 Å². The van der Waals surface area contributed by atoms with Crippen LogP contribution in [0.1, 0.15) is 10.4 Å². The molecule has 1 amide bonds. The van der Waals surface area contributed by atoms with E-state index in [0.717, 1.165) is 4.47 Å². The van der Waals surface area contributed by atoms with Gasteiger partial charge in [-0.15, -0.1) is 0 Å². The quantitative estimate of drug-likeness (QED) is 0.615. The van der Waals surface area contributed by atoms with Crippen molar-refractivity contribution in [3.05, 3.63) is 67.1 Å². The number of anilines is 1. The molecule has 0 saturated heterocycles. The largest absolute Gasteiger partial charge is 0.322 e. The summed E-state index contributed by atoms with van der Waals surface area (Å²) in [6, 6.07) is 10.9. The first kappa shape index (κ1) is 14.7. The molecule has 1 N–H and O–H groups in total. The summed E-state index contributed by atoms with van der Waals surface area (Å²) in [6.07, 6.45) is 0. The smallest absolute Gasteiger partial charge is 0.269 e. The van der Waals surface area contributed by atoms with Crippen molar-refractivity contribution in [3.63, 3.8) is 0 Å². The summed E-state index contributed by atoms with van der Waals surface area (Å²) in [4.78, 5) is 22.1. The first-order valence-corrected chi connectivity index (χ1v) is 7.07. The topological polar surface area (TPSA) is 72.2 Å². The number of hydrogen-bond acceptors (Lipinski definition) is 3. The second-order valence-corrected chi connectivity index (χ2v) is 5.65. The minimum atomic E-state index is -0.489. The van der Waals surface area contributed by atoms with Crippen molar-refractivity contribution in [1.29, 1.82) is 0 Å². The Morgan fingerprint density at radius 2 is 1.75 bits per heavy atom. The fraction of sp³-hybridized carbons (Fsp3) is 0. The van der Waals surface area contributed by atoms with Gasteiger partial charge in [-0.1, -0.05) is 15.9 Å². The van der Waals surface area contributed by atoms with Gasteiger partial charge in [-0.2, -0.15) is 0 Å². The number of hydrogen-bond donors (Lipinski definition) is 1. The molecule has 0 unspecified atom stereocenters. The zero-order valence-electron chi connectivity index (χ0n) is 9.97. The number of nitrogens with one attached hydrogen (secondary N) is 1. The Balaban J connectivity index is 2.17. The van der Waals surface area contributed by atoms with Crippen molar-refractivity contribution in [2.75, 3.05) is 5.32 Å². The predicted octanol–water partition coefficient (Wildman–Crippen LogP) is 4.37. The van der Waals surface area contributed by atoms with Crippen molar-refractivity contribution in [1.82, 2.24) is 0 Å². The fourth-order valence-corrected chi connectivity index (χ4v) is 2.77. The standard InChI is InChI=1S/C13H8Br2N2O3/c14-8-1-6-11(12(15)7-8)13(18)16-9-2-4-10(5-3-9)17(19)20/h1-7H,(H,16,18). The second kappa shape index (κ2) is 6.15. The summed E-state index contributed by atoms with van der Waals surface area (Å²) in [7, 11) is 0. The molecule has 2 aromatic carbocycles. The molecule has 0 heterocycles. The van der Waals surface area contributed by atoms with Gasteiger partial charge in [-0.25, -0.2) is 0 Å². The van der Waals surface area contributed by atoms with Crippen molar-refractivity contribution < 1.29 is 9.72 Å². The summed E-state index contributed by atoms with van der Waals surface area (Å²) in [5.41, 5.74) is 0.954. The van der Waals surface area contributed by atoms with E-state index in [0.29, 0.717) is 15.7 Å². The highest BCUT2D eigenvalue weighted by molar-refractivity contribution is 9.11. The first-order chi connectivity index (χ1) is 9.47. The lowest BCUT2D eigenvalue weighted by atomic mass is 10.2. The van der Waals surface area contributed by atoms with Gasteiger partial charge in [0.1, 0.15) is 0 Å². The Morgan fingerprint density at radius 3 is 2.30 bits per heavy atom. The number of nitrogens with zero attached hydrogens (tertiary/aromatic N) is 1. The maximum absolute atomic E-state index is 12.1. The van der Waals surface area contributed by atoms with Gasteiger partial charge in [0.25, 0.3) is 11.6 Å². The van der Waals surface area contributed by atoms with Crippen molar-refractivity contribution in [3.8, 4) is 0 Å². The Morgan fingerprint density at radius 1 is 1.10 bits per heavy atom. The van der Waals surface area contributed by atoms with E-state index in [1.54, 1.807) is 18.2 Å². The molecule has 0 fully saturated rings. The third kappa shape index (κ3) is 3.43. The minimum absolute atomic E-state index is 0.0205. The van der Waals surface area contributed by atoms with Crippen molar-refractivity contribution in [2.45, 2.75) is 0 Å². The van der Waals surface area contributed by atoms with Crippen LogP contribution in [0.3, 0.4) is 0 Å². The molecule has 0 radical (unpaired) electrons. The zero-order chi connectivity index (χ0) is 14.7. The number of rotatable bonds is 3. The van der Waals surface area contributed by atoms with Gasteiger partial charge < -0.3 is 5.32 Å². The summed E-state index contributed by atoms with van der Waals surface area (Å²) in [5.74, 6) is -0.293. The fourth-order valence-electron chi connectivity index (χ4n) is 1.54. The number of carbonyl (C=O) groups excluding carboxylic acids is 1. The third-order valence-corrected chi connectivity index (χ3v) is 3.66. The van der Waals surface area contributed by atoms with Crippen LogP contribution in [0.4, 0.5) is 11.4 Å². The van der Waals surface area contributed by atoms with Crippen molar-refractivity contribution in [2.24, 2.45) is 0 Å². The number of amides is 1. The number of benzene rings is 2. The van der Waals surface area contributed by atoms with E-state index in [-0.39, 0.29) is 11.6 Å². The average molecular weight is 400 g/mol. The average Bonchev–Trinajstić information content (AvgIpc) is 2.39. The number of halogens is 2. The van der Waals surface area contributed by atoms with Gasteiger partial charge >= 0.3 is 0 Å². The predicted molar refractivity (Wildman–Crippen MR) is 82.9 cm³/mol. The van der Waals surface area contributed by atoms with Crippen molar-refractivity contribution >= 4 is 49.1 Å². The number of nitro benzene ring substituents is 1. The maximum Gasteiger partial charge on any atom is 0.269 e. The molecule has 0 aliphatic heterocycles. The molecule has 0 bridgehead atoms. The molecule has 102 valence electrons. The Kier molecular flexibility index (Phi) is 4.51. The summed E-state index contributed by atoms with van der Waals surface area (Å²) >= 11 is 6.62. The number of nitro groups is 1. The number of non-ortho nitro benzene ring substituents is 1. The molecule has 2 rings (SSSR count). The maximum atomic E-state index is 12.1. The van der Waals surface area contributed by atoms with Crippen LogP contribution in [0.25, 0.3) is 0 Å². The van der Waals surface area contributed by atoms with Crippen LogP contribution in [0.5, 0.6) is 0 Å². The molecule has 0 aliphatic rings. The lowest BCUT2D eigenvalue weighted by Crippen LogP contribution is -2.12. The van der Waals surface area contributed by atoms with Crippen LogP contribution in [0.15, 0.2) is 51.4 Å². The van der Waals surface area contributed by atoms with E-state index in [1.807, 2.05) is 0 Å². The summed E-state index contributed by atoms with van der Waals surface area (Å²) < 4.78 is 1.52. The number of carbonyl (C=O) groups is 1. The molecule has 0 aromatic heterocycles. The van der Waals surface area contributed by atoms with Crippen LogP contribution in [-0.2, 0) is 0 Å². The monoisotopic (exact) mass is 398 g/mol. The van der Waals surface area contributed by atoms with E-state index >= 15 is 0 Å². The van der Waals surface area contributed by atoms with Crippen LogP contribution >= 0.6 is 31.9 Å². The Labute approximate surface area is 131 Å². The van der Waals surface area contributed by atoms with Crippen LogP contribution in [0.2, 0.25) is 0 Å². The van der Waals surface area contributed by atoms with E-state index in [1.165, 1.54) is 24.3 Å². The molecule has 0 saturated carbocycles. The second-order valence-electron chi connectivity index (χ2n) is 3.88. The van der Waals surface area contributed by atoms with Gasteiger partial charge in [0.05, 0.1) is 10.5 Å². The lowest BCUT2D eigenvalue weighted by Gasteiger charge is -2.07. The van der Waals surface area contributed by atoms with Gasteiger partial charge in [-0.3, -0.25) is 14.9 Å². The highest BCUT2D eigenvalue weighted by Gasteiger charge is 2.11. The SMILES string of the molecule is O=C(Nc1ccc([N+](=O)[O-])cc1)c1ccc(Br)cc1Br. The Hall–Kier alpha value is -1.73. The highest BCUT2D eigenvalue weighted by atomic mass is 79.9. The molecule has 7 heteroatoms. The van der Waals surface area contributed by atoms with E-state index < -0.39 is 4.92 Å². The van der Waals surface area contributed by atoms with E-state index in [2.05, 4.69) is 37.2 Å². The normalized spacial score (nSPS) is 10.1. The van der Waals surface area contributed by atoms with Crippen LogP contribution in [-0.4, -0.2) is 10.8 Å². The molecule has 2 aromatic rings. The molecule has 0 spiro atoms. The van der Waals surface area contributed by atoms with Gasteiger partial charge in [0.15, 0.2) is 0 Å². The highest BCUT2D eigenvalue weighted by Crippen LogP contribution is 2.23. The minimum Gasteiger partial charge on any atom is -0.322 e. The molecule has 0 aliphatic carbocycles. The van der Waals surface area contributed by atoms with Crippen LogP contribution in [0, 0.1) is 10.1 Å². The van der Waals surface area contributed by atoms with Crippen LogP contribution < -0.4 is 5.32 Å². The van der Waals surface area contributed by atoms with Gasteiger partial charge in [-0.05, 0) is 46.3 Å². The summed E-state index contributed by atoms with van der Waals surface area (Å²) in [6.45, 7) is 0. The lowest BCUT2D eigenvalue weighted by molar-refractivity contribution is -0.384. The van der Waals surface area contributed by atoms with Gasteiger partial charge in [0.2, 0.25) is 0 Å². The molecule has 5 nitrogen and oxygen atoms in total. The molecule has 20 heavy (non-hydrogen) atoms. The van der Waals surface area contributed by atoms with E-state index in [9.17, 15) is 14.9 Å². The summed E-state index contributed by atoms with van der Waals surface area (Å²) in [5, 5.41) is 13.2. The molecular weight excluding hydrogens is 392 g/mol. The molecule has 0 atom stereocenters.